The zero-order chi connectivity index (χ0) is 77.0. The lowest BCUT2D eigenvalue weighted by Crippen LogP contribution is -2.40. The molecule has 15 aromatic rings. The van der Waals surface area contributed by atoms with Crippen molar-refractivity contribution in [2.45, 2.75) is 57.8 Å². The van der Waals surface area contributed by atoms with Gasteiger partial charge in [0.25, 0.3) is 0 Å². The maximum absolute atomic E-state index is 12.2. The summed E-state index contributed by atoms with van der Waals surface area (Å²) in [4.78, 5) is 71.0. The largest absolute Gasteiger partial charge is 0.382 e. The number of nitrogen functional groups attached to an aromatic ring is 3. The third-order valence-corrected chi connectivity index (χ3v) is 23.4. The summed E-state index contributed by atoms with van der Waals surface area (Å²) < 4.78 is 36.5. The second-order valence-corrected chi connectivity index (χ2v) is 31.3. The van der Waals surface area contributed by atoms with E-state index in [0.717, 1.165) is 218 Å². The van der Waals surface area contributed by atoms with Gasteiger partial charge < -0.3 is 31.7 Å². The number of hydrogen-bond acceptors (Lipinski definition) is 17. The van der Waals surface area contributed by atoms with Gasteiger partial charge in [0.05, 0.1) is 39.9 Å². The van der Waals surface area contributed by atoms with Crippen molar-refractivity contribution >= 4 is 100 Å². The second kappa shape index (κ2) is 32.5. The third kappa shape index (κ3) is 15.8. The molecule has 25 heteroatoms. The van der Waals surface area contributed by atoms with E-state index in [1.54, 1.807) is 30.0 Å². The Bertz CT molecular complexity index is 6080. The number of methoxy groups -OCH3 is 1. The maximum atomic E-state index is 12.2. The van der Waals surface area contributed by atoms with Crippen molar-refractivity contribution in [2.24, 2.45) is 17.8 Å². The van der Waals surface area contributed by atoms with Crippen LogP contribution in [0.15, 0.2) is 219 Å². The van der Waals surface area contributed by atoms with E-state index in [1.165, 1.54) is 6.26 Å². The minimum atomic E-state index is -3.15. The van der Waals surface area contributed by atoms with Crippen molar-refractivity contribution < 1.29 is 22.7 Å². The van der Waals surface area contributed by atoms with Crippen LogP contribution < -0.4 is 17.2 Å². The van der Waals surface area contributed by atoms with E-state index in [1.807, 2.05) is 93.5 Å². The molecule has 3 fully saturated rings. The van der Waals surface area contributed by atoms with Crippen LogP contribution in [0.25, 0.3) is 117 Å². The summed E-state index contributed by atoms with van der Waals surface area (Å²) in [7, 11) is -1.60. The molecule has 18 rings (SSSR count). The average molecular weight is 1530 g/mol. The molecule has 2 amide bonds. The summed E-state index contributed by atoms with van der Waals surface area (Å²) in [5.74, 6) is 5.45. The molecule has 3 aliphatic rings. The molecule has 3 saturated heterocycles. The molecule has 0 saturated carbocycles. The highest BCUT2D eigenvalue weighted by Gasteiger charge is 2.30. The van der Waals surface area contributed by atoms with E-state index in [4.69, 9.17) is 63.4 Å². The molecule has 0 bridgehead atoms. The topological polar surface area (TPSA) is 295 Å². The van der Waals surface area contributed by atoms with Gasteiger partial charge in [0.2, 0.25) is 21.8 Å². The molecule has 0 radical (unpaired) electrons. The number of aromatic nitrogens is 12. The highest BCUT2D eigenvalue weighted by molar-refractivity contribution is 7.88. The number of amides is 2. The smallest absolute Gasteiger partial charge is 0.248 e. The second-order valence-electron chi connectivity index (χ2n) is 29.1. The molecule has 12 heterocycles. The first-order chi connectivity index (χ1) is 54.6. The van der Waals surface area contributed by atoms with Gasteiger partial charge >= 0.3 is 0 Å². The summed E-state index contributed by atoms with van der Waals surface area (Å²) in [6, 6.07) is 61.6. The first-order valence-electron chi connectivity index (χ1n) is 37.9. The van der Waals surface area contributed by atoms with Crippen molar-refractivity contribution in [3.05, 3.63) is 237 Å². The fourth-order valence-electron chi connectivity index (χ4n) is 15.8. The molecule has 0 aliphatic carbocycles. The molecule has 0 unspecified atom stereocenters. The SMILES string of the molecule is COCC(=O)N1CCC(Cc2nc(-c3ccc4ccc(-c5ccccc5)nc4c3)c3c(N)nccn23)CC1.CS(=O)(=O)N1CCC(Cc2nc(-c3ccc4ccc(-c5ccccc5)nc4c3)c3c(N)nccn23)CC1.Nc1nccn2c(CC3CCN(C(=O)CCl)CC3)nc(-c3ccc4ccc(-c5ccccc5)nc4c3)c12. The number of nitrogens with two attached hydrogens (primary N) is 3. The van der Waals surface area contributed by atoms with Gasteiger partial charge in [-0.05, 0) is 92.7 Å². The fourth-order valence-corrected chi connectivity index (χ4v) is 16.9. The number of pyridine rings is 3. The Hall–Kier alpha value is -12.1. The summed E-state index contributed by atoms with van der Waals surface area (Å²) in [5, 5.41) is 3.19. The molecule has 6 N–H and O–H groups in total. The number of ether oxygens (including phenoxy) is 1. The summed E-state index contributed by atoms with van der Waals surface area (Å²) >= 11 is 5.74. The summed E-state index contributed by atoms with van der Waals surface area (Å²) in [5.41, 5.74) is 35.5. The van der Waals surface area contributed by atoms with Crippen LogP contribution >= 0.6 is 11.6 Å². The van der Waals surface area contributed by atoms with Gasteiger partial charge in [-0.15, -0.1) is 11.6 Å². The van der Waals surface area contributed by atoms with E-state index in [-0.39, 0.29) is 24.3 Å². The number of fused-ring (bicyclic) bond motifs is 6. The molecule has 9 aromatic heterocycles. The zero-order valence-corrected chi connectivity index (χ0v) is 63.9. The molecule has 112 heavy (non-hydrogen) atoms. The van der Waals surface area contributed by atoms with E-state index in [0.29, 0.717) is 48.3 Å². The monoisotopic (exact) mass is 1530 g/mol. The maximum Gasteiger partial charge on any atom is 0.248 e. The Balaban J connectivity index is 0.000000127. The number of anilines is 3. The van der Waals surface area contributed by atoms with Crippen LogP contribution in [-0.2, 0) is 43.6 Å². The van der Waals surface area contributed by atoms with Gasteiger partial charge in [-0.1, -0.05) is 146 Å². The van der Waals surface area contributed by atoms with E-state index in [9.17, 15) is 18.0 Å². The van der Waals surface area contributed by atoms with Gasteiger partial charge in [0.1, 0.15) is 81.0 Å². The number of nitrogens with zero attached hydrogens (tertiary/aromatic N) is 15. The number of sulfonamides is 1. The van der Waals surface area contributed by atoms with Crippen LogP contribution in [0.3, 0.4) is 0 Å². The molecule has 3 aliphatic heterocycles. The number of carbonyl (C=O) groups is 2. The number of rotatable bonds is 16. The lowest BCUT2D eigenvalue weighted by atomic mass is 9.93. The Morgan fingerprint density at radius 2 is 0.732 bits per heavy atom. The average Bonchev–Trinajstić information content (AvgIpc) is 1.61. The Kier molecular flexibility index (Phi) is 21.5. The Morgan fingerprint density at radius 3 is 1.04 bits per heavy atom. The minimum Gasteiger partial charge on any atom is -0.382 e. The number of halogens is 1. The standard InChI is InChI=1S/C30H30N6O2.C29H27ClN6O.C28H28N6O2S/c1-38-19-27(37)35-14-11-20(12-15-35)17-26-34-28(29-30(31)32-13-16-36(26)29)23-8-7-22-9-10-24(33-25(22)18-23)21-5-3-2-4-6-21;30-18-26(37)35-13-10-19(11-14-35)16-25-34-27(28-29(31)32-12-15-36(25)28)22-7-6-21-8-9-23(33-24(21)17-22)20-4-2-1-3-5-20;1-37(35,36)33-14-11-19(12-15-33)17-25-32-26(27-28(29)30-13-16-34(25)27)22-8-7-21-9-10-23(31-24(21)18-22)20-5-3-2-4-6-20/h2-10,13,16,18,20H,11-12,14-15,17,19H2,1H3,(H2,31,32);1-9,12,15,17,19H,10-11,13-14,16,18H2,(H2,31,32);2-10,13,16,18-19H,11-12,14-15,17H2,1H3,(H2,29,30). The Labute approximate surface area is 653 Å². The van der Waals surface area contributed by atoms with E-state index < -0.39 is 10.0 Å². The summed E-state index contributed by atoms with van der Waals surface area (Å²) in [6.07, 6.45) is 19.8. The lowest BCUT2D eigenvalue weighted by Gasteiger charge is -2.31. The number of hydrogen-bond donors (Lipinski definition) is 3. The van der Waals surface area contributed by atoms with Crippen molar-refractivity contribution in [3.63, 3.8) is 0 Å². The van der Waals surface area contributed by atoms with Gasteiger partial charge in [0.15, 0.2) is 0 Å². The molecule has 566 valence electrons. The predicted molar refractivity (Wildman–Crippen MR) is 442 cm³/mol. The highest BCUT2D eigenvalue weighted by atomic mass is 35.5. The van der Waals surface area contributed by atoms with Crippen LogP contribution in [0.2, 0.25) is 0 Å². The van der Waals surface area contributed by atoms with Crippen LogP contribution in [0.1, 0.15) is 56.0 Å². The lowest BCUT2D eigenvalue weighted by molar-refractivity contribution is -0.136. The summed E-state index contributed by atoms with van der Waals surface area (Å²) in [6.45, 7) is 4.18. The number of alkyl halides is 1. The molecule has 0 atom stereocenters. The molecule has 23 nitrogen and oxygen atoms in total. The zero-order valence-electron chi connectivity index (χ0n) is 62.3. The van der Waals surface area contributed by atoms with Crippen LogP contribution in [-0.4, -0.2) is 158 Å². The van der Waals surface area contributed by atoms with Crippen LogP contribution in [0.4, 0.5) is 17.5 Å². The minimum absolute atomic E-state index is 0.00727. The molecule has 6 aromatic carbocycles. The molecule has 0 spiro atoms. The highest BCUT2D eigenvalue weighted by Crippen LogP contribution is 2.38. The third-order valence-electron chi connectivity index (χ3n) is 21.8. The molecular weight excluding hydrogens is 1440 g/mol. The van der Waals surface area contributed by atoms with E-state index in [2.05, 4.69) is 145 Å². The molecular formula is C87H85ClN18O5S. The van der Waals surface area contributed by atoms with Crippen LogP contribution in [0.5, 0.6) is 0 Å². The van der Waals surface area contributed by atoms with Crippen molar-refractivity contribution in [2.75, 3.05) is 82.3 Å². The number of piperidine rings is 3. The van der Waals surface area contributed by atoms with Crippen molar-refractivity contribution in [1.29, 1.82) is 0 Å². The number of imidazole rings is 3. The van der Waals surface area contributed by atoms with Gasteiger partial charge in [-0.25, -0.2) is 57.6 Å². The van der Waals surface area contributed by atoms with E-state index >= 15 is 0 Å². The first-order valence-corrected chi connectivity index (χ1v) is 40.3. The Morgan fingerprint density at radius 1 is 0.420 bits per heavy atom. The first kappa shape index (κ1) is 74.0. The number of benzene rings is 6. The normalized spacial score (nSPS) is 14.8. The van der Waals surface area contributed by atoms with Crippen molar-refractivity contribution in [3.8, 4) is 67.5 Å². The van der Waals surface area contributed by atoms with Gasteiger partial charge in [0, 0.05) is 152 Å². The van der Waals surface area contributed by atoms with Crippen molar-refractivity contribution in [1.82, 2.24) is 72.2 Å². The number of carbonyl (C=O) groups excluding carboxylic acids is 2. The fraction of sp³-hybridized carbons (Fsp3) is 0.253. The van der Waals surface area contributed by atoms with Gasteiger partial charge in [-0.3, -0.25) is 22.8 Å². The van der Waals surface area contributed by atoms with Crippen LogP contribution in [0, 0.1) is 17.8 Å². The number of likely N-dealkylation sites (tertiary alicyclic amines) is 2. The van der Waals surface area contributed by atoms with Gasteiger partial charge in [-0.2, -0.15) is 0 Å². The predicted octanol–water partition coefficient (Wildman–Crippen LogP) is 14.2. The quantitative estimate of drug-likeness (QED) is 0.0757.